The molecule has 0 aromatic heterocycles. The molecule has 110 valence electrons. The van der Waals surface area contributed by atoms with E-state index in [0.717, 1.165) is 22.8 Å². The number of carbonyl (C=O) groups excluding carboxylic acids is 1. The minimum absolute atomic E-state index is 0.0335. The summed E-state index contributed by atoms with van der Waals surface area (Å²) in [6, 6.07) is 10.4. The minimum Gasteiger partial charge on any atom is -0.294 e. The first-order valence-electron chi connectivity index (χ1n) is 6.54. The molecule has 0 aliphatic rings. The van der Waals surface area contributed by atoms with Gasteiger partial charge in [0.25, 0.3) is 0 Å². The number of carbonyl (C=O) groups is 1. The average molecular weight is 292 g/mol. The van der Waals surface area contributed by atoms with Crippen LogP contribution in [0.15, 0.2) is 42.5 Å². The largest absolute Gasteiger partial charge is 0.417 e. The fourth-order valence-corrected chi connectivity index (χ4v) is 2.17. The lowest BCUT2D eigenvalue weighted by atomic mass is 9.96. The van der Waals surface area contributed by atoms with Crippen molar-refractivity contribution in [3.63, 3.8) is 0 Å². The molecule has 0 N–H and O–H groups in total. The lowest BCUT2D eigenvalue weighted by Crippen LogP contribution is -2.14. The Morgan fingerprint density at radius 2 is 1.67 bits per heavy atom. The summed E-state index contributed by atoms with van der Waals surface area (Å²) in [6.07, 6.45) is -4.55. The highest BCUT2D eigenvalue weighted by molar-refractivity contribution is 5.99. The average Bonchev–Trinajstić information content (AvgIpc) is 2.42. The van der Waals surface area contributed by atoms with Gasteiger partial charge in [-0.2, -0.15) is 13.2 Å². The van der Waals surface area contributed by atoms with Crippen LogP contribution in [-0.4, -0.2) is 5.78 Å². The van der Waals surface area contributed by atoms with E-state index in [9.17, 15) is 18.0 Å². The van der Waals surface area contributed by atoms with Gasteiger partial charge in [0, 0.05) is 12.0 Å². The summed E-state index contributed by atoms with van der Waals surface area (Å²) < 4.78 is 38.7. The molecular weight excluding hydrogens is 277 g/mol. The van der Waals surface area contributed by atoms with Gasteiger partial charge in [0.2, 0.25) is 0 Å². The summed E-state index contributed by atoms with van der Waals surface area (Å²) in [7, 11) is 0. The van der Waals surface area contributed by atoms with Crippen molar-refractivity contribution in [3.05, 3.63) is 70.3 Å². The van der Waals surface area contributed by atoms with Gasteiger partial charge in [0.1, 0.15) is 0 Å². The van der Waals surface area contributed by atoms with Gasteiger partial charge in [-0.3, -0.25) is 4.79 Å². The second kappa shape index (κ2) is 5.72. The monoisotopic (exact) mass is 292 g/mol. The number of halogens is 3. The second-order valence-corrected chi connectivity index (χ2v) is 5.06. The van der Waals surface area contributed by atoms with Gasteiger partial charge in [-0.1, -0.05) is 36.4 Å². The van der Waals surface area contributed by atoms with E-state index in [1.165, 1.54) is 18.2 Å². The van der Waals surface area contributed by atoms with Crippen molar-refractivity contribution < 1.29 is 18.0 Å². The molecular formula is C17H15F3O. The topological polar surface area (TPSA) is 17.1 Å². The second-order valence-electron chi connectivity index (χ2n) is 5.06. The predicted octanol–water partition coefficient (Wildman–Crippen LogP) is 4.75. The van der Waals surface area contributed by atoms with Crippen LogP contribution < -0.4 is 0 Å². The third kappa shape index (κ3) is 3.51. The molecule has 0 heterocycles. The molecule has 0 saturated heterocycles. The van der Waals surface area contributed by atoms with Crippen LogP contribution >= 0.6 is 0 Å². The van der Waals surface area contributed by atoms with E-state index in [4.69, 9.17) is 0 Å². The van der Waals surface area contributed by atoms with Crippen LogP contribution in [0.3, 0.4) is 0 Å². The summed E-state index contributed by atoms with van der Waals surface area (Å²) in [4.78, 5) is 12.2. The van der Waals surface area contributed by atoms with Crippen molar-refractivity contribution in [2.75, 3.05) is 0 Å². The minimum atomic E-state index is -4.52. The third-order valence-electron chi connectivity index (χ3n) is 3.47. The number of alkyl halides is 3. The number of ketones is 1. The zero-order valence-electron chi connectivity index (χ0n) is 11.8. The van der Waals surface area contributed by atoms with E-state index in [2.05, 4.69) is 0 Å². The Kier molecular flexibility index (Phi) is 4.16. The van der Waals surface area contributed by atoms with Gasteiger partial charge in [-0.05, 0) is 36.6 Å². The van der Waals surface area contributed by atoms with E-state index >= 15 is 0 Å². The highest BCUT2D eigenvalue weighted by atomic mass is 19.4. The van der Waals surface area contributed by atoms with Gasteiger partial charge in [-0.15, -0.1) is 0 Å². The van der Waals surface area contributed by atoms with Gasteiger partial charge >= 0.3 is 6.18 Å². The lowest BCUT2D eigenvalue weighted by molar-refractivity contribution is -0.137. The van der Waals surface area contributed by atoms with E-state index in [1.807, 2.05) is 26.0 Å². The molecule has 0 aliphatic heterocycles. The van der Waals surface area contributed by atoms with Crippen LogP contribution in [0, 0.1) is 13.8 Å². The molecule has 0 radical (unpaired) electrons. The summed E-state index contributed by atoms with van der Waals surface area (Å²) in [5, 5.41) is 0. The molecule has 0 bridgehead atoms. The van der Waals surface area contributed by atoms with Crippen LogP contribution in [0.4, 0.5) is 13.2 Å². The normalized spacial score (nSPS) is 11.5. The Morgan fingerprint density at radius 1 is 1.00 bits per heavy atom. The van der Waals surface area contributed by atoms with Crippen molar-refractivity contribution in [2.45, 2.75) is 26.4 Å². The van der Waals surface area contributed by atoms with Crippen LogP contribution in [0.2, 0.25) is 0 Å². The molecule has 0 unspecified atom stereocenters. The zero-order chi connectivity index (χ0) is 15.6. The third-order valence-corrected chi connectivity index (χ3v) is 3.47. The maximum absolute atomic E-state index is 12.9. The molecule has 0 aliphatic carbocycles. The Balaban J connectivity index is 2.31. The SMILES string of the molecule is Cc1ccc(CC(=O)c2ccccc2C(F)(F)F)cc1C. The number of hydrogen-bond acceptors (Lipinski definition) is 1. The van der Waals surface area contributed by atoms with Gasteiger partial charge in [0.05, 0.1) is 5.56 Å². The van der Waals surface area contributed by atoms with E-state index < -0.39 is 17.5 Å². The summed E-state index contributed by atoms with van der Waals surface area (Å²) in [5.41, 5.74) is 1.67. The number of benzene rings is 2. The van der Waals surface area contributed by atoms with Gasteiger partial charge in [-0.25, -0.2) is 0 Å². The molecule has 21 heavy (non-hydrogen) atoms. The van der Waals surface area contributed by atoms with Crippen LogP contribution in [-0.2, 0) is 12.6 Å². The number of rotatable bonds is 3. The fraction of sp³-hybridized carbons (Fsp3) is 0.235. The molecule has 2 rings (SSSR count). The first-order chi connectivity index (χ1) is 9.79. The van der Waals surface area contributed by atoms with E-state index in [1.54, 1.807) is 6.07 Å². The summed E-state index contributed by atoms with van der Waals surface area (Å²) in [6.45, 7) is 3.85. The summed E-state index contributed by atoms with van der Waals surface area (Å²) >= 11 is 0. The Labute approximate surface area is 121 Å². The predicted molar refractivity (Wildman–Crippen MR) is 75.4 cm³/mol. The standard InChI is InChI=1S/C17H15F3O/c1-11-7-8-13(9-12(11)2)10-16(21)14-5-3-4-6-15(14)17(18,19)20/h3-9H,10H2,1-2H3. The van der Waals surface area contributed by atoms with E-state index in [0.29, 0.717) is 0 Å². The number of aryl methyl sites for hydroxylation is 2. The maximum Gasteiger partial charge on any atom is 0.417 e. The van der Waals surface area contributed by atoms with Crippen molar-refractivity contribution in [2.24, 2.45) is 0 Å². The van der Waals surface area contributed by atoms with Crippen LogP contribution in [0.5, 0.6) is 0 Å². The zero-order valence-corrected chi connectivity index (χ0v) is 11.8. The number of Topliss-reactive ketones (excluding diaryl/α,β-unsaturated/α-hetero) is 1. The van der Waals surface area contributed by atoms with Crippen LogP contribution in [0.1, 0.15) is 32.6 Å². The van der Waals surface area contributed by atoms with Crippen LogP contribution in [0.25, 0.3) is 0 Å². The highest BCUT2D eigenvalue weighted by Crippen LogP contribution is 2.32. The molecule has 2 aromatic rings. The maximum atomic E-state index is 12.9. The Bertz CT molecular complexity index is 672. The highest BCUT2D eigenvalue weighted by Gasteiger charge is 2.34. The molecule has 0 fully saturated rings. The Morgan fingerprint density at radius 3 is 2.29 bits per heavy atom. The quantitative estimate of drug-likeness (QED) is 0.746. The van der Waals surface area contributed by atoms with Crippen molar-refractivity contribution in [3.8, 4) is 0 Å². The van der Waals surface area contributed by atoms with Crippen molar-refractivity contribution in [1.82, 2.24) is 0 Å². The van der Waals surface area contributed by atoms with Crippen molar-refractivity contribution >= 4 is 5.78 Å². The molecule has 1 nitrogen and oxygen atoms in total. The molecule has 0 saturated carbocycles. The molecule has 0 amide bonds. The van der Waals surface area contributed by atoms with Gasteiger partial charge < -0.3 is 0 Å². The van der Waals surface area contributed by atoms with Crippen molar-refractivity contribution in [1.29, 1.82) is 0 Å². The summed E-state index contributed by atoms with van der Waals surface area (Å²) in [5.74, 6) is -0.522. The smallest absolute Gasteiger partial charge is 0.294 e. The first kappa shape index (κ1) is 15.3. The molecule has 2 aromatic carbocycles. The lowest BCUT2D eigenvalue weighted by Gasteiger charge is -2.12. The first-order valence-corrected chi connectivity index (χ1v) is 6.54. The molecule has 0 atom stereocenters. The molecule has 4 heteroatoms. The molecule has 0 spiro atoms. The number of hydrogen-bond donors (Lipinski definition) is 0. The Hall–Kier alpha value is -2.10. The van der Waals surface area contributed by atoms with Gasteiger partial charge in [0.15, 0.2) is 5.78 Å². The fourth-order valence-electron chi connectivity index (χ4n) is 2.17. The van der Waals surface area contributed by atoms with E-state index in [-0.39, 0.29) is 12.0 Å².